The second-order valence-corrected chi connectivity index (χ2v) is 9.19. The van der Waals surface area contributed by atoms with Crippen molar-refractivity contribution in [2.75, 3.05) is 45.2 Å². The van der Waals surface area contributed by atoms with Gasteiger partial charge in [-0.15, -0.1) is 0 Å². The van der Waals surface area contributed by atoms with E-state index in [1.165, 1.54) is 5.56 Å². The zero-order chi connectivity index (χ0) is 23.4. The van der Waals surface area contributed by atoms with Crippen molar-refractivity contribution in [3.63, 3.8) is 0 Å². The van der Waals surface area contributed by atoms with Gasteiger partial charge in [0, 0.05) is 57.4 Å². The summed E-state index contributed by atoms with van der Waals surface area (Å²) in [6, 6.07) is 13.8. The molecule has 174 valence electrons. The van der Waals surface area contributed by atoms with Crippen molar-refractivity contribution in [3.8, 4) is 0 Å². The Kier molecular flexibility index (Phi) is 7.20. The summed E-state index contributed by atoms with van der Waals surface area (Å²) in [5.41, 5.74) is 3.45. The van der Waals surface area contributed by atoms with Gasteiger partial charge in [0.05, 0.1) is 23.4 Å². The number of anilines is 1. The van der Waals surface area contributed by atoms with Crippen LogP contribution in [0.3, 0.4) is 0 Å². The number of ether oxygens (including phenoxy) is 1. The molecular weight excluding hydrogens is 414 g/mol. The van der Waals surface area contributed by atoms with Gasteiger partial charge in [0.2, 0.25) is 0 Å². The van der Waals surface area contributed by atoms with Crippen LogP contribution in [0, 0.1) is 5.92 Å². The molecule has 0 unspecified atom stereocenters. The van der Waals surface area contributed by atoms with Gasteiger partial charge in [-0.2, -0.15) is 0 Å². The predicted octanol–water partition coefficient (Wildman–Crippen LogP) is 3.66. The molecule has 7 nitrogen and oxygen atoms in total. The zero-order valence-corrected chi connectivity index (χ0v) is 19.9. The molecule has 33 heavy (non-hydrogen) atoms. The first-order valence-corrected chi connectivity index (χ1v) is 11.6. The summed E-state index contributed by atoms with van der Waals surface area (Å²) in [7, 11) is 4.03. The highest BCUT2D eigenvalue weighted by Crippen LogP contribution is 2.27. The number of fused-ring (bicyclic) bond motifs is 1. The molecule has 7 heteroatoms. The Bertz CT molecular complexity index is 1110. The molecule has 1 aromatic carbocycles. The summed E-state index contributed by atoms with van der Waals surface area (Å²) in [4.78, 5) is 26.8. The van der Waals surface area contributed by atoms with Crippen LogP contribution >= 0.6 is 0 Å². The molecule has 0 bridgehead atoms. The standard InChI is InChI=1S/C26H33N5O2/c1-18(2)15-28-26(32)21-14-23(29-22-10-6-5-9-20(21)22)24-17-31(12-13-33-24)16-19-8-7-11-27-25(19)30(3)4/h5-11,14,18,24H,12-13,15-17H2,1-4H3,(H,28,32)/t24-/m1/s1. The van der Waals surface area contributed by atoms with Crippen molar-refractivity contribution in [2.45, 2.75) is 26.5 Å². The van der Waals surface area contributed by atoms with Gasteiger partial charge in [-0.05, 0) is 24.1 Å². The van der Waals surface area contributed by atoms with Gasteiger partial charge < -0.3 is 15.0 Å². The summed E-state index contributed by atoms with van der Waals surface area (Å²) in [6.45, 7) is 7.77. The molecule has 2 aromatic heterocycles. The molecule has 0 radical (unpaired) electrons. The molecule has 1 aliphatic heterocycles. The van der Waals surface area contributed by atoms with E-state index in [2.05, 4.69) is 35.1 Å². The van der Waals surface area contributed by atoms with Gasteiger partial charge in [0.1, 0.15) is 11.9 Å². The zero-order valence-electron chi connectivity index (χ0n) is 19.9. The minimum atomic E-state index is -0.195. The van der Waals surface area contributed by atoms with Crippen LogP contribution in [0.4, 0.5) is 5.82 Å². The molecule has 0 aliphatic carbocycles. The average molecular weight is 448 g/mol. The van der Waals surface area contributed by atoms with E-state index < -0.39 is 0 Å². The quantitative estimate of drug-likeness (QED) is 0.596. The topological polar surface area (TPSA) is 70.6 Å². The maximum absolute atomic E-state index is 13.0. The molecule has 1 saturated heterocycles. The minimum Gasteiger partial charge on any atom is -0.369 e. The molecule has 1 aliphatic rings. The molecule has 1 amide bonds. The first-order chi connectivity index (χ1) is 15.9. The van der Waals surface area contributed by atoms with Crippen molar-refractivity contribution in [3.05, 3.63) is 65.5 Å². The third-order valence-corrected chi connectivity index (χ3v) is 5.82. The smallest absolute Gasteiger partial charge is 0.252 e. The van der Waals surface area contributed by atoms with E-state index in [1.807, 2.05) is 61.6 Å². The van der Waals surface area contributed by atoms with Crippen LogP contribution in [-0.4, -0.2) is 61.1 Å². The van der Waals surface area contributed by atoms with Gasteiger partial charge in [-0.3, -0.25) is 9.69 Å². The van der Waals surface area contributed by atoms with Crippen molar-refractivity contribution >= 4 is 22.6 Å². The SMILES string of the molecule is CC(C)CNC(=O)c1cc([C@H]2CN(Cc3cccnc3N(C)C)CCO2)nc2ccccc12. The Balaban J connectivity index is 1.59. The Hall–Kier alpha value is -3.03. The van der Waals surface area contributed by atoms with E-state index >= 15 is 0 Å². The van der Waals surface area contributed by atoms with Gasteiger partial charge >= 0.3 is 0 Å². The lowest BCUT2D eigenvalue weighted by Crippen LogP contribution is -2.38. The van der Waals surface area contributed by atoms with Crippen molar-refractivity contribution < 1.29 is 9.53 Å². The second kappa shape index (κ2) is 10.3. The van der Waals surface area contributed by atoms with E-state index in [9.17, 15) is 4.79 Å². The number of carbonyl (C=O) groups is 1. The van der Waals surface area contributed by atoms with Gasteiger partial charge in [0.15, 0.2) is 0 Å². The van der Waals surface area contributed by atoms with E-state index in [0.717, 1.165) is 35.5 Å². The maximum atomic E-state index is 13.0. The summed E-state index contributed by atoms with van der Waals surface area (Å²) in [5, 5.41) is 3.91. The summed E-state index contributed by atoms with van der Waals surface area (Å²) >= 11 is 0. The maximum Gasteiger partial charge on any atom is 0.252 e. The Labute approximate surface area is 195 Å². The lowest BCUT2D eigenvalue weighted by molar-refractivity contribution is -0.0348. The van der Waals surface area contributed by atoms with Crippen molar-refractivity contribution in [1.82, 2.24) is 20.2 Å². The number of nitrogens with zero attached hydrogens (tertiary/aromatic N) is 4. The average Bonchev–Trinajstić information content (AvgIpc) is 2.82. The van der Waals surface area contributed by atoms with Crippen LogP contribution in [0.2, 0.25) is 0 Å². The number of aromatic nitrogens is 2. The Morgan fingerprint density at radius 1 is 1.24 bits per heavy atom. The van der Waals surface area contributed by atoms with Crippen LogP contribution in [0.1, 0.15) is 41.6 Å². The molecule has 0 saturated carbocycles. The minimum absolute atomic E-state index is 0.0674. The van der Waals surface area contributed by atoms with Crippen LogP contribution in [-0.2, 0) is 11.3 Å². The third-order valence-electron chi connectivity index (χ3n) is 5.82. The Morgan fingerprint density at radius 2 is 2.06 bits per heavy atom. The van der Waals surface area contributed by atoms with Crippen LogP contribution < -0.4 is 10.2 Å². The lowest BCUT2D eigenvalue weighted by atomic mass is 10.0. The van der Waals surface area contributed by atoms with E-state index in [4.69, 9.17) is 9.72 Å². The molecular formula is C26H33N5O2. The fraction of sp³-hybridized carbons (Fsp3) is 0.423. The molecule has 3 heterocycles. The number of pyridine rings is 2. The number of benzene rings is 1. The fourth-order valence-corrected chi connectivity index (χ4v) is 4.16. The van der Waals surface area contributed by atoms with E-state index in [1.54, 1.807) is 0 Å². The van der Waals surface area contributed by atoms with Crippen LogP contribution in [0.5, 0.6) is 0 Å². The molecule has 1 fully saturated rings. The number of hydrogen-bond acceptors (Lipinski definition) is 6. The number of amides is 1. The fourth-order valence-electron chi connectivity index (χ4n) is 4.16. The molecule has 0 spiro atoms. The summed E-state index contributed by atoms with van der Waals surface area (Å²) in [6.07, 6.45) is 1.63. The predicted molar refractivity (Wildman–Crippen MR) is 131 cm³/mol. The monoisotopic (exact) mass is 447 g/mol. The molecule has 1 N–H and O–H groups in total. The van der Waals surface area contributed by atoms with Crippen LogP contribution in [0.15, 0.2) is 48.7 Å². The van der Waals surface area contributed by atoms with Gasteiger partial charge in [-0.25, -0.2) is 9.97 Å². The second-order valence-electron chi connectivity index (χ2n) is 9.19. The van der Waals surface area contributed by atoms with Gasteiger partial charge in [-0.1, -0.05) is 38.1 Å². The number of morpholine rings is 1. The lowest BCUT2D eigenvalue weighted by Gasteiger charge is -2.33. The highest BCUT2D eigenvalue weighted by Gasteiger charge is 2.26. The first-order valence-electron chi connectivity index (χ1n) is 11.6. The van der Waals surface area contributed by atoms with E-state index in [0.29, 0.717) is 31.2 Å². The number of hydrogen-bond donors (Lipinski definition) is 1. The molecule has 1 atom stereocenters. The van der Waals surface area contributed by atoms with Crippen molar-refractivity contribution in [1.29, 1.82) is 0 Å². The number of rotatable bonds is 7. The highest BCUT2D eigenvalue weighted by atomic mass is 16.5. The summed E-state index contributed by atoms with van der Waals surface area (Å²) in [5.74, 6) is 1.30. The number of nitrogens with one attached hydrogen (secondary N) is 1. The number of para-hydroxylation sites is 1. The van der Waals surface area contributed by atoms with Crippen LogP contribution in [0.25, 0.3) is 10.9 Å². The van der Waals surface area contributed by atoms with E-state index in [-0.39, 0.29) is 12.0 Å². The van der Waals surface area contributed by atoms with Gasteiger partial charge in [0.25, 0.3) is 5.91 Å². The Morgan fingerprint density at radius 3 is 2.85 bits per heavy atom. The molecule has 3 aromatic rings. The molecule has 4 rings (SSSR count). The third kappa shape index (κ3) is 5.49. The largest absolute Gasteiger partial charge is 0.369 e. The summed E-state index contributed by atoms with van der Waals surface area (Å²) < 4.78 is 6.13. The number of carbonyl (C=O) groups excluding carboxylic acids is 1. The first kappa shape index (κ1) is 23.1. The highest BCUT2D eigenvalue weighted by molar-refractivity contribution is 6.06. The normalized spacial score (nSPS) is 16.8. The van der Waals surface area contributed by atoms with Crippen molar-refractivity contribution in [2.24, 2.45) is 5.92 Å².